The van der Waals surface area contributed by atoms with Gasteiger partial charge in [-0.2, -0.15) is 11.8 Å². The summed E-state index contributed by atoms with van der Waals surface area (Å²) in [5.41, 5.74) is 5.44. The van der Waals surface area contributed by atoms with Gasteiger partial charge < -0.3 is 10.6 Å². The Morgan fingerprint density at radius 2 is 2.09 bits per heavy atom. The van der Waals surface area contributed by atoms with Crippen molar-refractivity contribution in [2.75, 3.05) is 32.9 Å². The van der Waals surface area contributed by atoms with Crippen LogP contribution in [0.25, 0.3) is 0 Å². The summed E-state index contributed by atoms with van der Waals surface area (Å²) in [6.07, 6.45) is 1.14. The van der Waals surface area contributed by atoms with E-state index in [2.05, 4.69) is 25.9 Å². The van der Waals surface area contributed by atoms with E-state index in [0.717, 1.165) is 18.2 Å². The average molecular weight is 176 g/mol. The van der Waals surface area contributed by atoms with Crippen molar-refractivity contribution in [2.24, 2.45) is 5.73 Å². The third-order valence-electron chi connectivity index (χ3n) is 1.51. The Morgan fingerprint density at radius 3 is 2.55 bits per heavy atom. The Labute approximate surface area is 74.5 Å². The van der Waals surface area contributed by atoms with E-state index < -0.39 is 0 Å². The molecule has 0 rings (SSSR count). The van der Waals surface area contributed by atoms with Crippen LogP contribution < -0.4 is 5.73 Å². The highest BCUT2D eigenvalue weighted by Gasteiger charge is 2.00. The maximum atomic E-state index is 5.44. The van der Waals surface area contributed by atoms with Gasteiger partial charge in [0, 0.05) is 17.5 Å². The van der Waals surface area contributed by atoms with Crippen molar-refractivity contribution in [3.8, 4) is 0 Å². The fourth-order valence-corrected chi connectivity index (χ4v) is 1.93. The molecule has 0 bridgehead atoms. The summed E-state index contributed by atoms with van der Waals surface area (Å²) in [5, 5.41) is 0.722. The van der Waals surface area contributed by atoms with Crippen LogP contribution in [0.5, 0.6) is 0 Å². The lowest BCUT2D eigenvalue weighted by molar-refractivity contribution is 0.437. The highest BCUT2D eigenvalue weighted by atomic mass is 32.2. The summed E-state index contributed by atoms with van der Waals surface area (Å²) >= 11 is 2.01. The van der Waals surface area contributed by atoms with Crippen LogP contribution in [0.4, 0.5) is 0 Å². The van der Waals surface area contributed by atoms with Crippen molar-refractivity contribution in [3.63, 3.8) is 0 Å². The summed E-state index contributed by atoms with van der Waals surface area (Å²) in [4.78, 5) is 2.21. The van der Waals surface area contributed by atoms with Crippen LogP contribution in [-0.4, -0.2) is 43.1 Å². The number of rotatable bonds is 6. The SMILES string of the molecule is CC(CCN)SCCN(C)C. The van der Waals surface area contributed by atoms with Gasteiger partial charge in [0.2, 0.25) is 0 Å². The van der Waals surface area contributed by atoms with Crippen LogP contribution >= 0.6 is 11.8 Å². The normalized spacial score (nSPS) is 13.9. The molecule has 2 N–H and O–H groups in total. The Hall–Kier alpha value is 0.270. The summed E-state index contributed by atoms with van der Waals surface area (Å²) < 4.78 is 0. The summed E-state index contributed by atoms with van der Waals surface area (Å²) in [6, 6.07) is 0. The smallest absolute Gasteiger partial charge is 0.00663 e. The third kappa shape index (κ3) is 8.17. The summed E-state index contributed by atoms with van der Waals surface area (Å²) in [7, 11) is 4.21. The second-order valence-electron chi connectivity index (χ2n) is 3.06. The quantitative estimate of drug-likeness (QED) is 0.655. The van der Waals surface area contributed by atoms with Crippen molar-refractivity contribution >= 4 is 11.8 Å². The number of hydrogen-bond donors (Lipinski definition) is 1. The molecule has 0 aromatic rings. The number of nitrogens with zero attached hydrogens (tertiary/aromatic N) is 1. The molecule has 0 heterocycles. The predicted octanol–water partition coefficient (Wildman–Crippen LogP) is 1.02. The fourth-order valence-electron chi connectivity index (χ4n) is 0.755. The van der Waals surface area contributed by atoms with Crippen LogP contribution in [0.1, 0.15) is 13.3 Å². The summed E-state index contributed by atoms with van der Waals surface area (Å²) in [5.74, 6) is 1.22. The zero-order valence-corrected chi connectivity index (χ0v) is 8.66. The van der Waals surface area contributed by atoms with E-state index in [-0.39, 0.29) is 0 Å². The molecule has 0 saturated heterocycles. The molecule has 0 aliphatic carbocycles. The average Bonchev–Trinajstić information content (AvgIpc) is 1.87. The van der Waals surface area contributed by atoms with Gasteiger partial charge in [-0.1, -0.05) is 6.92 Å². The maximum absolute atomic E-state index is 5.44. The predicted molar refractivity (Wildman–Crippen MR) is 54.1 cm³/mol. The van der Waals surface area contributed by atoms with Crippen LogP contribution in [0.15, 0.2) is 0 Å². The molecule has 0 saturated carbocycles. The van der Waals surface area contributed by atoms with Gasteiger partial charge in [-0.3, -0.25) is 0 Å². The zero-order chi connectivity index (χ0) is 8.69. The van der Waals surface area contributed by atoms with Crippen LogP contribution in [-0.2, 0) is 0 Å². The molecule has 0 aliphatic rings. The molecular weight excluding hydrogens is 156 g/mol. The highest BCUT2D eigenvalue weighted by Crippen LogP contribution is 2.12. The second kappa shape index (κ2) is 6.95. The highest BCUT2D eigenvalue weighted by molar-refractivity contribution is 7.99. The molecule has 0 aromatic carbocycles. The van der Waals surface area contributed by atoms with E-state index in [0.29, 0.717) is 0 Å². The first-order valence-electron chi connectivity index (χ1n) is 4.13. The van der Waals surface area contributed by atoms with E-state index >= 15 is 0 Å². The Bertz CT molecular complexity index is 86.2. The topological polar surface area (TPSA) is 29.3 Å². The zero-order valence-electron chi connectivity index (χ0n) is 7.84. The van der Waals surface area contributed by atoms with Crippen LogP contribution in [0.3, 0.4) is 0 Å². The second-order valence-corrected chi connectivity index (χ2v) is 4.61. The van der Waals surface area contributed by atoms with Gasteiger partial charge in [0.05, 0.1) is 0 Å². The molecule has 0 amide bonds. The van der Waals surface area contributed by atoms with Crippen molar-refractivity contribution < 1.29 is 0 Å². The molecule has 0 radical (unpaired) electrons. The molecular formula is C8H20N2S. The lowest BCUT2D eigenvalue weighted by Crippen LogP contribution is -2.16. The Balaban J connectivity index is 3.10. The molecule has 68 valence electrons. The molecule has 11 heavy (non-hydrogen) atoms. The van der Waals surface area contributed by atoms with Gasteiger partial charge in [-0.15, -0.1) is 0 Å². The summed E-state index contributed by atoms with van der Waals surface area (Å²) in [6.45, 7) is 4.23. The number of nitrogens with two attached hydrogens (primary N) is 1. The molecule has 1 atom stereocenters. The minimum Gasteiger partial charge on any atom is -0.330 e. The lowest BCUT2D eigenvalue weighted by Gasteiger charge is -2.12. The van der Waals surface area contributed by atoms with Gasteiger partial charge in [0.1, 0.15) is 0 Å². The molecule has 1 unspecified atom stereocenters. The van der Waals surface area contributed by atoms with Gasteiger partial charge in [0.25, 0.3) is 0 Å². The first-order valence-corrected chi connectivity index (χ1v) is 5.18. The van der Waals surface area contributed by atoms with Crippen molar-refractivity contribution in [2.45, 2.75) is 18.6 Å². The van der Waals surface area contributed by atoms with Crippen LogP contribution in [0.2, 0.25) is 0 Å². The largest absolute Gasteiger partial charge is 0.330 e. The third-order valence-corrected chi connectivity index (χ3v) is 2.74. The number of hydrogen-bond acceptors (Lipinski definition) is 3. The monoisotopic (exact) mass is 176 g/mol. The molecule has 0 aliphatic heterocycles. The molecule has 0 fully saturated rings. The molecule has 2 nitrogen and oxygen atoms in total. The van der Waals surface area contributed by atoms with Gasteiger partial charge in [-0.05, 0) is 27.1 Å². The first-order chi connectivity index (χ1) is 5.16. The fraction of sp³-hybridized carbons (Fsp3) is 1.00. The number of thioether (sulfide) groups is 1. The van der Waals surface area contributed by atoms with Crippen molar-refractivity contribution in [1.29, 1.82) is 0 Å². The Morgan fingerprint density at radius 1 is 1.45 bits per heavy atom. The minimum absolute atomic E-state index is 0.722. The van der Waals surface area contributed by atoms with Gasteiger partial charge in [0.15, 0.2) is 0 Å². The maximum Gasteiger partial charge on any atom is 0.00663 e. The van der Waals surface area contributed by atoms with Gasteiger partial charge >= 0.3 is 0 Å². The van der Waals surface area contributed by atoms with E-state index in [1.165, 1.54) is 12.3 Å². The van der Waals surface area contributed by atoms with Gasteiger partial charge in [-0.25, -0.2) is 0 Å². The van der Waals surface area contributed by atoms with E-state index in [4.69, 9.17) is 5.73 Å². The van der Waals surface area contributed by atoms with E-state index in [1.807, 2.05) is 11.8 Å². The Kier molecular flexibility index (Phi) is 7.12. The molecule has 0 aromatic heterocycles. The standard InChI is InChI=1S/C8H20N2S/c1-8(4-5-9)11-7-6-10(2)3/h8H,4-7,9H2,1-3H3. The minimum atomic E-state index is 0.722. The van der Waals surface area contributed by atoms with Crippen LogP contribution in [0, 0.1) is 0 Å². The molecule has 0 spiro atoms. The van der Waals surface area contributed by atoms with E-state index in [9.17, 15) is 0 Å². The molecule has 3 heteroatoms. The van der Waals surface area contributed by atoms with Crippen molar-refractivity contribution in [3.05, 3.63) is 0 Å². The van der Waals surface area contributed by atoms with E-state index in [1.54, 1.807) is 0 Å². The van der Waals surface area contributed by atoms with Crippen molar-refractivity contribution in [1.82, 2.24) is 4.90 Å². The lowest BCUT2D eigenvalue weighted by atomic mass is 10.3. The first kappa shape index (κ1) is 11.3.